The van der Waals surface area contributed by atoms with E-state index in [2.05, 4.69) is 10.3 Å². The number of hydrogen-bond donors (Lipinski definition) is 1. The largest absolute Gasteiger partial charge is 0.322 e. The molecule has 0 saturated carbocycles. The van der Waals surface area contributed by atoms with Gasteiger partial charge in [0.1, 0.15) is 0 Å². The Morgan fingerprint density at radius 2 is 1.87 bits per heavy atom. The minimum Gasteiger partial charge on any atom is -0.322 e. The summed E-state index contributed by atoms with van der Waals surface area (Å²) >= 11 is 0. The highest BCUT2D eigenvalue weighted by Crippen LogP contribution is 2.07. The molecule has 0 saturated heterocycles. The maximum absolute atomic E-state index is 11.7. The van der Waals surface area contributed by atoms with Crippen LogP contribution in [0.1, 0.15) is 10.4 Å². The molecule has 2 rings (SSSR count). The van der Waals surface area contributed by atoms with Crippen molar-refractivity contribution in [3.8, 4) is 0 Å². The predicted molar refractivity (Wildman–Crippen MR) is 58.6 cm³/mol. The average Bonchev–Trinajstić information content (AvgIpc) is 2.31. The van der Waals surface area contributed by atoms with Crippen molar-refractivity contribution in [3.63, 3.8) is 0 Å². The van der Waals surface area contributed by atoms with E-state index >= 15 is 0 Å². The highest BCUT2D eigenvalue weighted by molar-refractivity contribution is 6.03. The lowest BCUT2D eigenvalue weighted by molar-refractivity contribution is 0.102. The molecule has 0 bridgehead atoms. The van der Waals surface area contributed by atoms with Gasteiger partial charge in [0.05, 0.1) is 5.56 Å². The highest BCUT2D eigenvalue weighted by atomic mass is 16.1. The molecule has 0 spiro atoms. The Labute approximate surface area is 87.8 Å². The summed E-state index contributed by atoms with van der Waals surface area (Å²) in [5, 5.41) is 2.78. The standard InChI is InChI=1S/C12H10N2O/c15-12(10-5-4-8-13-9-10)14-11-6-2-1-3-7-11/h1-9H,(H,14,15)/i12-1. The van der Waals surface area contributed by atoms with Crippen molar-refractivity contribution in [3.05, 3.63) is 60.4 Å². The van der Waals surface area contributed by atoms with Gasteiger partial charge in [-0.3, -0.25) is 9.78 Å². The summed E-state index contributed by atoms with van der Waals surface area (Å²) < 4.78 is 0. The summed E-state index contributed by atoms with van der Waals surface area (Å²) in [6.45, 7) is 0. The smallest absolute Gasteiger partial charge is 0.257 e. The molecule has 1 heterocycles. The van der Waals surface area contributed by atoms with Crippen LogP contribution in [0.25, 0.3) is 0 Å². The first kappa shape index (κ1) is 9.40. The lowest BCUT2D eigenvalue weighted by Crippen LogP contribution is -2.11. The summed E-state index contributed by atoms with van der Waals surface area (Å²) in [6, 6.07) is 12.8. The summed E-state index contributed by atoms with van der Waals surface area (Å²) in [4.78, 5) is 15.5. The molecular weight excluding hydrogens is 187 g/mol. The van der Waals surface area contributed by atoms with E-state index in [0.717, 1.165) is 5.69 Å². The van der Waals surface area contributed by atoms with Crippen LogP contribution < -0.4 is 5.32 Å². The molecule has 74 valence electrons. The molecule has 3 nitrogen and oxygen atoms in total. The molecule has 0 aliphatic rings. The van der Waals surface area contributed by atoms with Crippen LogP contribution in [0.15, 0.2) is 54.9 Å². The number of aromatic nitrogens is 1. The van der Waals surface area contributed by atoms with E-state index in [9.17, 15) is 4.79 Å². The lowest BCUT2D eigenvalue weighted by Gasteiger charge is -2.03. The molecule has 0 atom stereocenters. The van der Waals surface area contributed by atoms with Gasteiger partial charge >= 0.3 is 0 Å². The van der Waals surface area contributed by atoms with Gasteiger partial charge in [0, 0.05) is 18.1 Å². The minimum atomic E-state index is -0.144. The van der Waals surface area contributed by atoms with Crippen LogP contribution in [0.2, 0.25) is 0 Å². The molecule has 0 radical (unpaired) electrons. The number of rotatable bonds is 2. The van der Waals surface area contributed by atoms with E-state index in [1.54, 1.807) is 18.3 Å². The van der Waals surface area contributed by atoms with Crippen molar-refractivity contribution < 1.29 is 4.79 Å². The van der Waals surface area contributed by atoms with Crippen molar-refractivity contribution in [1.82, 2.24) is 4.98 Å². The van der Waals surface area contributed by atoms with E-state index in [-0.39, 0.29) is 5.91 Å². The lowest BCUT2D eigenvalue weighted by atomic mass is 9.90. The fraction of sp³-hybridized carbons (Fsp3) is 0. The SMILES string of the molecule is O=[11C](Nc1ccccc1)c1cccnc1. The van der Waals surface area contributed by atoms with Crippen LogP contribution in [-0.2, 0) is 0 Å². The van der Waals surface area contributed by atoms with E-state index in [0.29, 0.717) is 5.56 Å². The van der Waals surface area contributed by atoms with Crippen molar-refractivity contribution in [2.45, 2.75) is 0 Å². The summed E-state index contributed by atoms with van der Waals surface area (Å²) in [7, 11) is 0. The van der Waals surface area contributed by atoms with Gasteiger partial charge in [-0.1, -0.05) is 18.2 Å². The monoisotopic (exact) mass is 197 g/mol. The number of hydrogen-bond acceptors (Lipinski definition) is 2. The number of carbonyl (C=O) groups excluding carboxylic acids is 1. The molecule has 3 heteroatoms. The van der Waals surface area contributed by atoms with Crippen LogP contribution in [-0.4, -0.2) is 10.9 Å². The van der Waals surface area contributed by atoms with Gasteiger partial charge in [-0.05, 0) is 24.3 Å². The Bertz CT molecular complexity index is 440. The molecule has 2 aromatic rings. The second kappa shape index (κ2) is 4.37. The number of carbonyl (C=O) groups is 1. The van der Waals surface area contributed by atoms with Crippen LogP contribution in [0, 0.1) is 0 Å². The third-order valence-electron chi connectivity index (χ3n) is 1.96. The van der Waals surface area contributed by atoms with E-state index in [4.69, 9.17) is 0 Å². The van der Waals surface area contributed by atoms with Gasteiger partial charge in [-0.2, -0.15) is 0 Å². The van der Waals surface area contributed by atoms with Gasteiger partial charge in [0.15, 0.2) is 0 Å². The Hall–Kier alpha value is -2.16. The molecule has 0 unspecified atom stereocenters. The Balaban J connectivity index is 2.12. The molecule has 1 aromatic carbocycles. The average molecular weight is 197 g/mol. The number of pyridine rings is 1. The van der Waals surface area contributed by atoms with Gasteiger partial charge in [-0.15, -0.1) is 0 Å². The number of para-hydroxylation sites is 1. The molecule has 1 amide bonds. The first-order chi connectivity index (χ1) is 7.36. The van der Waals surface area contributed by atoms with Gasteiger partial charge in [0.25, 0.3) is 5.91 Å². The Morgan fingerprint density at radius 3 is 2.53 bits per heavy atom. The van der Waals surface area contributed by atoms with Crippen LogP contribution in [0.5, 0.6) is 0 Å². The second-order valence-corrected chi connectivity index (χ2v) is 3.06. The van der Waals surface area contributed by atoms with Gasteiger partial charge in [0.2, 0.25) is 0 Å². The van der Waals surface area contributed by atoms with Crippen molar-refractivity contribution in [1.29, 1.82) is 0 Å². The molecule has 1 aromatic heterocycles. The van der Waals surface area contributed by atoms with Crippen LogP contribution in [0.4, 0.5) is 5.69 Å². The Morgan fingerprint density at radius 1 is 1.07 bits per heavy atom. The number of nitrogens with one attached hydrogen (secondary N) is 1. The quantitative estimate of drug-likeness (QED) is 0.802. The molecule has 0 aliphatic carbocycles. The van der Waals surface area contributed by atoms with E-state index in [1.165, 1.54) is 6.20 Å². The summed E-state index contributed by atoms with van der Waals surface area (Å²) in [6.07, 6.45) is 3.18. The fourth-order valence-electron chi connectivity index (χ4n) is 1.22. The van der Waals surface area contributed by atoms with Gasteiger partial charge in [-0.25, -0.2) is 0 Å². The third kappa shape index (κ3) is 2.40. The maximum Gasteiger partial charge on any atom is 0.257 e. The molecule has 0 fully saturated rings. The fourth-order valence-corrected chi connectivity index (χ4v) is 1.22. The molecule has 15 heavy (non-hydrogen) atoms. The van der Waals surface area contributed by atoms with Crippen LogP contribution >= 0.6 is 0 Å². The zero-order valence-electron chi connectivity index (χ0n) is 8.05. The normalized spacial score (nSPS) is 9.60. The van der Waals surface area contributed by atoms with Crippen molar-refractivity contribution in [2.75, 3.05) is 5.32 Å². The first-order valence-electron chi connectivity index (χ1n) is 4.63. The van der Waals surface area contributed by atoms with Gasteiger partial charge < -0.3 is 5.32 Å². The molecule has 0 aliphatic heterocycles. The maximum atomic E-state index is 11.7. The van der Waals surface area contributed by atoms with E-state index in [1.807, 2.05) is 30.3 Å². The highest BCUT2D eigenvalue weighted by Gasteiger charge is 2.04. The van der Waals surface area contributed by atoms with Crippen molar-refractivity contribution in [2.24, 2.45) is 0 Å². The predicted octanol–water partition coefficient (Wildman–Crippen LogP) is 2.33. The summed E-state index contributed by atoms with van der Waals surface area (Å²) in [5.74, 6) is -0.144. The van der Waals surface area contributed by atoms with E-state index < -0.39 is 0 Å². The first-order valence-corrected chi connectivity index (χ1v) is 4.63. The zero-order valence-corrected chi connectivity index (χ0v) is 8.05. The molecular formula is C12H10N2O. The Kier molecular flexibility index (Phi) is 2.74. The number of anilines is 1. The van der Waals surface area contributed by atoms with Crippen LogP contribution in [0.3, 0.4) is 0 Å². The number of nitrogens with zero attached hydrogens (tertiary/aromatic N) is 1. The topological polar surface area (TPSA) is 42.0 Å². The number of benzene rings is 1. The third-order valence-corrected chi connectivity index (χ3v) is 1.96. The minimum absolute atomic E-state index is 0.144. The summed E-state index contributed by atoms with van der Waals surface area (Å²) in [5.41, 5.74) is 1.34. The van der Waals surface area contributed by atoms with Crippen molar-refractivity contribution >= 4 is 11.6 Å². The number of amides is 1. The zero-order chi connectivity index (χ0) is 10.5. The molecule has 1 N–H and O–H groups in total. The second-order valence-electron chi connectivity index (χ2n) is 3.06.